The molecular weight excluding hydrogens is 286 g/mol. The molecular formula is C20H27NO2. The number of amides is 1. The second-order valence-corrected chi connectivity index (χ2v) is 8.39. The lowest BCUT2D eigenvalue weighted by molar-refractivity contribution is -0.124. The maximum absolute atomic E-state index is 12.7. The van der Waals surface area contributed by atoms with Gasteiger partial charge >= 0.3 is 0 Å². The van der Waals surface area contributed by atoms with Crippen LogP contribution in [-0.4, -0.2) is 11.0 Å². The lowest BCUT2D eigenvalue weighted by atomic mass is 9.49. The van der Waals surface area contributed by atoms with Crippen LogP contribution in [-0.2, 0) is 11.4 Å². The number of anilines is 1. The SMILES string of the molecule is Cc1c(CO)cccc1NC(=O)CC12CC3CC(CC(C3)C1)C2. The molecule has 0 spiro atoms. The molecule has 3 nitrogen and oxygen atoms in total. The van der Waals surface area contributed by atoms with Gasteiger partial charge in [0.2, 0.25) is 5.91 Å². The first-order chi connectivity index (χ1) is 11.1. The first-order valence-corrected chi connectivity index (χ1v) is 9.06. The topological polar surface area (TPSA) is 49.3 Å². The molecule has 1 aromatic carbocycles. The van der Waals surface area contributed by atoms with Gasteiger partial charge in [-0.15, -0.1) is 0 Å². The highest BCUT2D eigenvalue weighted by Crippen LogP contribution is 2.61. The summed E-state index contributed by atoms with van der Waals surface area (Å²) in [5.74, 6) is 2.81. The Morgan fingerprint density at radius 2 is 1.78 bits per heavy atom. The third-order valence-electron chi connectivity index (χ3n) is 6.59. The number of carbonyl (C=O) groups excluding carboxylic acids is 1. The number of hydrogen-bond donors (Lipinski definition) is 2. The molecule has 4 fully saturated rings. The van der Waals surface area contributed by atoms with Crippen LogP contribution in [0.5, 0.6) is 0 Å². The predicted molar refractivity (Wildman–Crippen MR) is 91.0 cm³/mol. The van der Waals surface area contributed by atoms with Crippen LogP contribution in [0.4, 0.5) is 5.69 Å². The van der Waals surface area contributed by atoms with E-state index in [0.717, 1.165) is 34.6 Å². The van der Waals surface area contributed by atoms with Crippen LogP contribution in [0.3, 0.4) is 0 Å². The molecule has 4 aliphatic carbocycles. The number of benzene rings is 1. The Morgan fingerprint density at radius 3 is 2.35 bits per heavy atom. The van der Waals surface area contributed by atoms with E-state index in [1.54, 1.807) is 0 Å². The van der Waals surface area contributed by atoms with Crippen molar-refractivity contribution in [3.05, 3.63) is 29.3 Å². The van der Waals surface area contributed by atoms with Crippen molar-refractivity contribution in [1.29, 1.82) is 0 Å². The minimum Gasteiger partial charge on any atom is -0.392 e. The van der Waals surface area contributed by atoms with Crippen LogP contribution in [0.25, 0.3) is 0 Å². The van der Waals surface area contributed by atoms with E-state index in [1.807, 2.05) is 25.1 Å². The Kier molecular flexibility index (Phi) is 3.72. The van der Waals surface area contributed by atoms with Crippen molar-refractivity contribution in [2.45, 2.75) is 58.5 Å². The zero-order valence-corrected chi connectivity index (χ0v) is 14.0. The molecule has 0 heterocycles. The quantitative estimate of drug-likeness (QED) is 0.881. The molecule has 0 radical (unpaired) electrons. The maximum Gasteiger partial charge on any atom is 0.224 e. The monoisotopic (exact) mass is 313 g/mol. The number of aliphatic hydroxyl groups excluding tert-OH is 1. The Bertz CT molecular complexity index is 587. The van der Waals surface area contributed by atoms with Crippen LogP contribution >= 0.6 is 0 Å². The molecule has 1 amide bonds. The van der Waals surface area contributed by atoms with Crippen molar-refractivity contribution in [3.63, 3.8) is 0 Å². The van der Waals surface area contributed by atoms with Gasteiger partial charge < -0.3 is 10.4 Å². The summed E-state index contributed by atoms with van der Waals surface area (Å²) < 4.78 is 0. The van der Waals surface area contributed by atoms with Gasteiger partial charge in [-0.25, -0.2) is 0 Å². The predicted octanol–water partition coefficient (Wildman–Crippen LogP) is 4.03. The lowest BCUT2D eigenvalue weighted by Crippen LogP contribution is -2.47. The van der Waals surface area contributed by atoms with Crippen molar-refractivity contribution in [2.24, 2.45) is 23.2 Å². The number of hydrogen-bond acceptors (Lipinski definition) is 2. The van der Waals surface area contributed by atoms with E-state index in [0.29, 0.717) is 6.42 Å². The number of aliphatic hydroxyl groups is 1. The molecule has 4 bridgehead atoms. The van der Waals surface area contributed by atoms with Crippen molar-refractivity contribution in [3.8, 4) is 0 Å². The number of rotatable bonds is 4. The summed E-state index contributed by atoms with van der Waals surface area (Å²) in [6.45, 7) is 1.98. The van der Waals surface area contributed by atoms with Crippen molar-refractivity contribution in [1.82, 2.24) is 0 Å². The third kappa shape index (κ3) is 2.80. The van der Waals surface area contributed by atoms with E-state index in [9.17, 15) is 9.90 Å². The van der Waals surface area contributed by atoms with Gasteiger partial charge in [-0.2, -0.15) is 0 Å². The molecule has 0 unspecified atom stereocenters. The molecule has 1 aromatic rings. The fourth-order valence-corrected chi connectivity index (χ4v) is 6.03. The maximum atomic E-state index is 12.7. The van der Waals surface area contributed by atoms with E-state index >= 15 is 0 Å². The summed E-state index contributed by atoms with van der Waals surface area (Å²) in [6.07, 6.45) is 8.72. The average Bonchev–Trinajstić information content (AvgIpc) is 2.47. The highest BCUT2D eigenvalue weighted by Gasteiger charge is 2.51. The van der Waals surface area contributed by atoms with Crippen LogP contribution in [0, 0.1) is 30.1 Å². The zero-order valence-electron chi connectivity index (χ0n) is 14.0. The Labute approximate surface area is 138 Å². The summed E-state index contributed by atoms with van der Waals surface area (Å²) in [4.78, 5) is 12.7. The molecule has 4 aliphatic rings. The Balaban J connectivity index is 1.46. The highest BCUT2D eigenvalue weighted by atomic mass is 16.3. The van der Waals surface area contributed by atoms with Gasteiger partial charge in [0.15, 0.2) is 0 Å². The molecule has 0 aliphatic heterocycles. The molecule has 0 aromatic heterocycles. The molecule has 2 N–H and O–H groups in total. The van der Waals surface area contributed by atoms with Crippen molar-refractivity contribution >= 4 is 11.6 Å². The fraction of sp³-hybridized carbons (Fsp3) is 0.650. The average molecular weight is 313 g/mol. The van der Waals surface area contributed by atoms with E-state index < -0.39 is 0 Å². The highest BCUT2D eigenvalue weighted by molar-refractivity contribution is 5.92. The normalized spacial score (nSPS) is 34.6. The fourth-order valence-electron chi connectivity index (χ4n) is 6.03. The van der Waals surface area contributed by atoms with Crippen LogP contribution < -0.4 is 5.32 Å². The molecule has 0 atom stereocenters. The largest absolute Gasteiger partial charge is 0.392 e. The second-order valence-electron chi connectivity index (χ2n) is 8.39. The number of carbonyl (C=O) groups is 1. The van der Waals surface area contributed by atoms with Gasteiger partial charge in [0.25, 0.3) is 0 Å². The van der Waals surface area contributed by atoms with Crippen LogP contribution in [0.15, 0.2) is 18.2 Å². The molecule has 4 saturated carbocycles. The minimum atomic E-state index is 0.0184. The summed E-state index contributed by atoms with van der Waals surface area (Å²) in [5.41, 5.74) is 3.00. The van der Waals surface area contributed by atoms with Gasteiger partial charge in [-0.3, -0.25) is 4.79 Å². The first kappa shape index (κ1) is 15.2. The van der Waals surface area contributed by atoms with E-state index in [4.69, 9.17) is 0 Å². The Morgan fingerprint density at radius 1 is 1.17 bits per heavy atom. The lowest BCUT2D eigenvalue weighted by Gasteiger charge is -2.56. The standard InChI is InChI=1S/C20H27NO2/c1-13-17(12-22)3-2-4-18(13)21-19(23)11-20-8-14-5-15(9-20)7-16(6-14)10-20/h2-4,14-16,22H,5-12H2,1H3,(H,21,23). The summed E-state index contributed by atoms with van der Waals surface area (Å²) in [5, 5.41) is 12.5. The summed E-state index contributed by atoms with van der Waals surface area (Å²) in [6, 6.07) is 5.75. The van der Waals surface area contributed by atoms with Crippen molar-refractivity contribution in [2.75, 3.05) is 5.32 Å². The summed E-state index contributed by atoms with van der Waals surface area (Å²) in [7, 11) is 0. The molecule has 3 heteroatoms. The second kappa shape index (κ2) is 5.62. The molecule has 23 heavy (non-hydrogen) atoms. The van der Waals surface area contributed by atoms with E-state index in [1.165, 1.54) is 38.5 Å². The number of nitrogens with one attached hydrogen (secondary N) is 1. The van der Waals surface area contributed by atoms with Gasteiger partial charge in [0.05, 0.1) is 6.61 Å². The van der Waals surface area contributed by atoms with Gasteiger partial charge in [0.1, 0.15) is 0 Å². The van der Waals surface area contributed by atoms with Crippen molar-refractivity contribution < 1.29 is 9.90 Å². The van der Waals surface area contributed by atoms with Gasteiger partial charge in [-0.1, -0.05) is 12.1 Å². The minimum absolute atomic E-state index is 0.0184. The van der Waals surface area contributed by atoms with Gasteiger partial charge in [-0.05, 0) is 85.8 Å². The zero-order chi connectivity index (χ0) is 16.0. The molecule has 0 saturated heterocycles. The molecule has 5 rings (SSSR count). The summed E-state index contributed by atoms with van der Waals surface area (Å²) >= 11 is 0. The van der Waals surface area contributed by atoms with Crippen LogP contribution in [0.1, 0.15) is 56.1 Å². The van der Waals surface area contributed by atoms with E-state index in [2.05, 4.69) is 5.32 Å². The van der Waals surface area contributed by atoms with E-state index in [-0.39, 0.29) is 17.9 Å². The third-order valence-corrected chi connectivity index (χ3v) is 6.59. The first-order valence-electron chi connectivity index (χ1n) is 9.06. The Hall–Kier alpha value is -1.35. The molecule has 124 valence electrons. The van der Waals surface area contributed by atoms with Crippen LogP contribution in [0.2, 0.25) is 0 Å². The smallest absolute Gasteiger partial charge is 0.224 e. The van der Waals surface area contributed by atoms with Gasteiger partial charge in [0, 0.05) is 12.1 Å².